The predicted molar refractivity (Wildman–Crippen MR) is 113 cm³/mol. The quantitative estimate of drug-likeness (QED) is 0.826. The lowest BCUT2D eigenvalue weighted by atomic mass is 9.72. The normalized spacial score (nSPS) is 21.6. The maximum atomic E-state index is 13.3. The minimum Gasteiger partial charge on any atom is -0.362 e. The van der Waals surface area contributed by atoms with Gasteiger partial charge in [-0.1, -0.05) is 37.3 Å². The number of anilines is 1. The molecule has 0 saturated heterocycles. The van der Waals surface area contributed by atoms with E-state index in [1.165, 1.54) is 0 Å². The average Bonchev–Trinajstić information content (AvgIpc) is 2.67. The molecule has 2 atom stereocenters. The van der Waals surface area contributed by atoms with Crippen LogP contribution in [0.3, 0.4) is 0 Å². The van der Waals surface area contributed by atoms with Crippen molar-refractivity contribution in [3.05, 3.63) is 82.3 Å². The maximum absolute atomic E-state index is 13.3. The van der Waals surface area contributed by atoms with E-state index in [2.05, 4.69) is 22.5 Å². The van der Waals surface area contributed by atoms with Gasteiger partial charge < -0.3 is 10.6 Å². The van der Waals surface area contributed by atoms with Gasteiger partial charge >= 0.3 is 0 Å². The molecule has 0 fully saturated rings. The second kappa shape index (κ2) is 7.66. The Morgan fingerprint density at radius 2 is 1.86 bits per heavy atom. The first kappa shape index (κ1) is 19.1. The fourth-order valence-corrected chi connectivity index (χ4v) is 4.38. The van der Waals surface area contributed by atoms with E-state index in [0.29, 0.717) is 23.7 Å². The number of ketones is 1. The Morgan fingerprint density at radius 3 is 2.59 bits per heavy atom. The first-order valence-corrected chi connectivity index (χ1v) is 9.97. The predicted octanol–water partition coefficient (Wildman–Crippen LogP) is 4.24. The Morgan fingerprint density at radius 1 is 1.10 bits per heavy atom. The van der Waals surface area contributed by atoms with Gasteiger partial charge in [0.2, 0.25) is 0 Å². The molecule has 148 valence electrons. The summed E-state index contributed by atoms with van der Waals surface area (Å²) in [6.45, 7) is 6.03. The Bertz CT molecular complexity index is 1040. The number of carbonyl (C=O) groups excluding carboxylic acids is 2. The van der Waals surface area contributed by atoms with Crippen LogP contribution in [0.4, 0.5) is 5.82 Å². The van der Waals surface area contributed by atoms with Crippen LogP contribution in [-0.2, 0) is 9.59 Å². The summed E-state index contributed by atoms with van der Waals surface area (Å²) in [5, 5.41) is 6.27. The summed E-state index contributed by atoms with van der Waals surface area (Å²) >= 11 is 0. The number of benzene rings is 1. The van der Waals surface area contributed by atoms with Gasteiger partial charge in [0, 0.05) is 41.1 Å². The highest BCUT2D eigenvalue weighted by Gasteiger charge is 2.40. The molecule has 0 unspecified atom stereocenters. The Hall–Kier alpha value is -3.21. The molecule has 1 aromatic carbocycles. The molecule has 1 aliphatic heterocycles. The summed E-state index contributed by atoms with van der Waals surface area (Å²) in [6, 6.07) is 13.4. The number of pyridine rings is 1. The lowest BCUT2D eigenvalue weighted by molar-refractivity contribution is -0.117. The number of Topliss-reactive ketones (excluding diaryl/α,β-unsaturated/α-hetero) is 1. The van der Waals surface area contributed by atoms with Gasteiger partial charge in [-0.2, -0.15) is 0 Å². The molecule has 1 aliphatic carbocycles. The lowest BCUT2D eigenvalue weighted by Gasteiger charge is -2.36. The highest BCUT2D eigenvalue weighted by atomic mass is 16.2. The summed E-state index contributed by atoms with van der Waals surface area (Å²) in [4.78, 5) is 30.6. The lowest BCUT2D eigenvalue weighted by Crippen LogP contribution is -2.37. The minimum absolute atomic E-state index is 0.120. The van der Waals surface area contributed by atoms with Crippen molar-refractivity contribution in [3.63, 3.8) is 0 Å². The van der Waals surface area contributed by atoms with Crippen molar-refractivity contribution in [2.45, 2.75) is 39.5 Å². The molecule has 2 N–H and O–H groups in total. The number of allylic oxidation sites excluding steroid dienone is 3. The van der Waals surface area contributed by atoms with Crippen LogP contribution in [0.25, 0.3) is 0 Å². The first-order chi connectivity index (χ1) is 14.0. The monoisotopic (exact) mass is 387 g/mol. The van der Waals surface area contributed by atoms with Crippen molar-refractivity contribution < 1.29 is 9.59 Å². The van der Waals surface area contributed by atoms with Crippen LogP contribution in [0.5, 0.6) is 0 Å². The van der Waals surface area contributed by atoms with Crippen molar-refractivity contribution in [1.29, 1.82) is 0 Å². The zero-order chi connectivity index (χ0) is 20.5. The second-order valence-corrected chi connectivity index (χ2v) is 7.95. The molecule has 2 aliphatic rings. The zero-order valence-corrected chi connectivity index (χ0v) is 17.0. The van der Waals surface area contributed by atoms with E-state index < -0.39 is 0 Å². The van der Waals surface area contributed by atoms with Crippen molar-refractivity contribution in [3.8, 4) is 0 Å². The average molecular weight is 387 g/mol. The van der Waals surface area contributed by atoms with Crippen LogP contribution in [0.1, 0.15) is 43.7 Å². The van der Waals surface area contributed by atoms with E-state index in [4.69, 9.17) is 0 Å². The fourth-order valence-electron chi connectivity index (χ4n) is 4.38. The highest BCUT2D eigenvalue weighted by molar-refractivity contribution is 6.09. The number of carbonyl (C=O) groups is 2. The number of hydrogen-bond acceptors (Lipinski definition) is 4. The Balaban J connectivity index is 1.82. The fraction of sp³-hybridized carbons (Fsp3) is 0.292. The third kappa shape index (κ3) is 3.60. The maximum Gasteiger partial charge on any atom is 0.255 e. The van der Waals surface area contributed by atoms with Crippen LogP contribution < -0.4 is 10.6 Å². The largest absolute Gasteiger partial charge is 0.362 e. The third-order valence-corrected chi connectivity index (χ3v) is 5.68. The molecule has 2 heterocycles. The summed E-state index contributed by atoms with van der Waals surface area (Å²) in [7, 11) is 0. The molecule has 5 heteroatoms. The second-order valence-electron chi connectivity index (χ2n) is 7.95. The van der Waals surface area contributed by atoms with Gasteiger partial charge in [-0.05, 0) is 49.4 Å². The zero-order valence-electron chi connectivity index (χ0n) is 17.0. The van der Waals surface area contributed by atoms with Crippen LogP contribution in [0.15, 0.2) is 71.2 Å². The number of hydrogen-bond donors (Lipinski definition) is 2. The van der Waals surface area contributed by atoms with E-state index in [1.54, 1.807) is 18.3 Å². The number of amides is 1. The molecule has 0 bridgehead atoms. The number of rotatable bonds is 3. The van der Waals surface area contributed by atoms with Crippen LogP contribution in [0, 0.1) is 12.8 Å². The van der Waals surface area contributed by atoms with Gasteiger partial charge in [0.1, 0.15) is 5.82 Å². The van der Waals surface area contributed by atoms with Crippen molar-refractivity contribution in [1.82, 2.24) is 10.3 Å². The van der Waals surface area contributed by atoms with Gasteiger partial charge in [-0.15, -0.1) is 0 Å². The van der Waals surface area contributed by atoms with Gasteiger partial charge in [0.25, 0.3) is 5.91 Å². The summed E-state index contributed by atoms with van der Waals surface area (Å²) < 4.78 is 0. The molecular formula is C24H25N3O2. The van der Waals surface area contributed by atoms with E-state index in [9.17, 15) is 9.59 Å². The third-order valence-electron chi connectivity index (χ3n) is 5.68. The van der Waals surface area contributed by atoms with E-state index >= 15 is 0 Å². The first-order valence-electron chi connectivity index (χ1n) is 9.97. The summed E-state index contributed by atoms with van der Waals surface area (Å²) in [5.74, 6) is 0.291. The number of nitrogens with one attached hydrogen (secondary N) is 2. The van der Waals surface area contributed by atoms with Gasteiger partial charge in [0.15, 0.2) is 5.78 Å². The summed E-state index contributed by atoms with van der Waals surface area (Å²) in [6.07, 6.45) is 2.97. The molecule has 1 amide bonds. The van der Waals surface area contributed by atoms with E-state index in [-0.39, 0.29) is 17.6 Å². The topological polar surface area (TPSA) is 71.1 Å². The molecule has 2 aromatic rings. The Labute approximate surface area is 170 Å². The van der Waals surface area contributed by atoms with E-state index in [0.717, 1.165) is 34.5 Å². The Kier molecular flexibility index (Phi) is 5.05. The number of dihydropyridines is 1. The van der Waals surface area contributed by atoms with Gasteiger partial charge in [-0.25, -0.2) is 4.98 Å². The number of aryl methyl sites for hydroxylation is 1. The highest BCUT2D eigenvalue weighted by Crippen LogP contribution is 2.44. The van der Waals surface area contributed by atoms with Crippen molar-refractivity contribution >= 4 is 17.5 Å². The molecular weight excluding hydrogens is 362 g/mol. The van der Waals surface area contributed by atoms with E-state index in [1.807, 2.05) is 44.2 Å². The van der Waals surface area contributed by atoms with Crippen molar-refractivity contribution in [2.24, 2.45) is 5.92 Å². The van der Waals surface area contributed by atoms with Crippen LogP contribution in [-0.4, -0.2) is 16.7 Å². The van der Waals surface area contributed by atoms with Crippen LogP contribution in [0.2, 0.25) is 0 Å². The molecule has 29 heavy (non-hydrogen) atoms. The summed E-state index contributed by atoms with van der Waals surface area (Å²) in [5.41, 5.74) is 5.10. The molecule has 4 rings (SSSR count). The molecule has 0 spiro atoms. The SMILES string of the molecule is CC1=C(C(=O)Nc2ccccn2)[C@@H](c2ccccc2C)C2=C(C[C@@H](C)CC2=O)N1. The molecule has 0 saturated carbocycles. The van der Waals surface area contributed by atoms with Gasteiger partial charge in [0.05, 0.1) is 0 Å². The molecule has 1 aromatic heterocycles. The van der Waals surface area contributed by atoms with Crippen molar-refractivity contribution in [2.75, 3.05) is 5.32 Å². The van der Waals surface area contributed by atoms with Gasteiger partial charge in [-0.3, -0.25) is 9.59 Å². The van der Waals surface area contributed by atoms with Crippen LogP contribution >= 0.6 is 0 Å². The number of nitrogens with zero attached hydrogens (tertiary/aromatic N) is 1. The standard InChI is InChI=1S/C24H25N3O2/c1-14-12-18-23(19(28)13-14)22(17-9-5-4-8-15(17)2)21(16(3)26-18)24(29)27-20-10-6-7-11-25-20/h4-11,14,22,26H,12-13H2,1-3H3,(H,25,27,29)/t14-,22-/m1/s1. The number of aromatic nitrogens is 1. The molecule has 5 nitrogen and oxygen atoms in total. The smallest absolute Gasteiger partial charge is 0.255 e. The minimum atomic E-state index is -0.379. The molecule has 0 radical (unpaired) electrons.